The Bertz CT molecular complexity index is 723. The number of likely N-dealkylation sites (N-methyl/N-ethyl adjacent to an activating group) is 1. The fourth-order valence-electron chi connectivity index (χ4n) is 3.62. The summed E-state index contributed by atoms with van der Waals surface area (Å²) in [5.74, 6) is 0.778. The topological polar surface area (TPSA) is 54.3 Å². The third-order valence-electron chi connectivity index (χ3n) is 5.17. The standard InChI is InChI=1S/C18H23N5O/c1-21(2)16-11-22(12-17(16)23-9-8-19-20-23)18(24)15-5-3-4-14(10-15)13-6-7-13/h3-5,8-10,13,16-17H,6-7,11-12H2,1-2H3/t16-,17+/m1/s1. The van der Waals surface area contributed by atoms with Crippen molar-refractivity contribution in [2.24, 2.45) is 0 Å². The summed E-state index contributed by atoms with van der Waals surface area (Å²) >= 11 is 0. The number of amides is 1. The monoisotopic (exact) mass is 325 g/mol. The van der Waals surface area contributed by atoms with E-state index in [1.165, 1.54) is 18.4 Å². The second-order valence-electron chi connectivity index (χ2n) is 7.09. The van der Waals surface area contributed by atoms with Crippen LogP contribution in [0.15, 0.2) is 36.7 Å². The Kier molecular flexibility index (Phi) is 3.84. The van der Waals surface area contributed by atoms with Crippen LogP contribution in [0.4, 0.5) is 0 Å². The van der Waals surface area contributed by atoms with Crippen molar-refractivity contribution < 1.29 is 4.79 Å². The van der Waals surface area contributed by atoms with Gasteiger partial charge in [0.2, 0.25) is 0 Å². The van der Waals surface area contributed by atoms with Crippen molar-refractivity contribution >= 4 is 5.91 Å². The van der Waals surface area contributed by atoms with Crippen molar-refractivity contribution in [1.29, 1.82) is 0 Å². The molecule has 1 aliphatic heterocycles. The molecule has 1 aromatic heterocycles. The van der Waals surface area contributed by atoms with Gasteiger partial charge in [-0.1, -0.05) is 17.3 Å². The molecule has 1 saturated heterocycles. The van der Waals surface area contributed by atoms with Crippen LogP contribution in [0.2, 0.25) is 0 Å². The predicted molar refractivity (Wildman–Crippen MR) is 90.9 cm³/mol. The van der Waals surface area contributed by atoms with E-state index in [4.69, 9.17) is 0 Å². The van der Waals surface area contributed by atoms with Gasteiger partial charge in [-0.05, 0) is 50.6 Å². The van der Waals surface area contributed by atoms with Gasteiger partial charge in [-0.2, -0.15) is 0 Å². The average molecular weight is 325 g/mol. The van der Waals surface area contributed by atoms with Gasteiger partial charge in [0.15, 0.2) is 0 Å². The summed E-state index contributed by atoms with van der Waals surface area (Å²) < 4.78 is 1.87. The molecule has 6 nitrogen and oxygen atoms in total. The molecule has 4 rings (SSSR count). The maximum Gasteiger partial charge on any atom is 0.253 e. The molecule has 1 aromatic carbocycles. The Morgan fingerprint density at radius 2 is 2.08 bits per heavy atom. The Hall–Kier alpha value is -2.21. The minimum atomic E-state index is 0.118. The Morgan fingerprint density at radius 3 is 2.75 bits per heavy atom. The highest BCUT2D eigenvalue weighted by atomic mass is 16.2. The number of aromatic nitrogens is 3. The maximum absolute atomic E-state index is 13.0. The molecular weight excluding hydrogens is 302 g/mol. The van der Waals surface area contributed by atoms with Gasteiger partial charge in [0.1, 0.15) is 0 Å². The molecule has 2 fully saturated rings. The minimum Gasteiger partial charge on any atom is -0.335 e. The van der Waals surface area contributed by atoms with Gasteiger partial charge in [0.05, 0.1) is 18.3 Å². The molecule has 0 spiro atoms. The molecular formula is C18H23N5O. The first-order chi connectivity index (χ1) is 11.6. The molecule has 2 aliphatic rings. The summed E-state index contributed by atoms with van der Waals surface area (Å²) in [6, 6.07) is 8.53. The van der Waals surface area contributed by atoms with E-state index in [2.05, 4.69) is 41.4 Å². The first kappa shape index (κ1) is 15.3. The number of rotatable bonds is 4. The molecule has 1 saturated carbocycles. The predicted octanol–water partition coefficient (Wildman–Crippen LogP) is 1.78. The van der Waals surface area contributed by atoms with Gasteiger partial charge < -0.3 is 9.80 Å². The fraction of sp³-hybridized carbons (Fsp3) is 0.500. The van der Waals surface area contributed by atoms with Gasteiger partial charge in [-0.25, -0.2) is 4.68 Å². The van der Waals surface area contributed by atoms with Crippen molar-refractivity contribution in [3.8, 4) is 0 Å². The molecule has 6 heteroatoms. The second kappa shape index (κ2) is 6.02. The lowest BCUT2D eigenvalue weighted by Crippen LogP contribution is -2.37. The van der Waals surface area contributed by atoms with Crippen LogP contribution in [0.3, 0.4) is 0 Å². The van der Waals surface area contributed by atoms with Gasteiger partial charge in [-0.3, -0.25) is 4.79 Å². The van der Waals surface area contributed by atoms with Gasteiger partial charge in [0, 0.05) is 24.8 Å². The van der Waals surface area contributed by atoms with Crippen LogP contribution in [-0.2, 0) is 0 Å². The van der Waals surface area contributed by atoms with E-state index in [-0.39, 0.29) is 18.0 Å². The SMILES string of the molecule is CN(C)[C@@H]1CN(C(=O)c2cccc(C3CC3)c2)C[C@@H]1n1ccnn1. The van der Waals surface area contributed by atoms with E-state index >= 15 is 0 Å². The molecule has 1 aliphatic carbocycles. The van der Waals surface area contributed by atoms with Crippen molar-refractivity contribution in [2.75, 3.05) is 27.2 Å². The summed E-state index contributed by atoms with van der Waals surface area (Å²) in [5, 5.41) is 8.06. The summed E-state index contributed by atoms with van der Waals surface area (Å²) in [7, 11) is 4.10. The molecule has 0 radical (unpaired) electrons. The fourth-order valence-corrected chi connectivity index (χ4v) is 3.62. The van der Waals surface area contributed by atoms with Crippen molar-refractivity contribution in [3.05, 3.63) is 47.8 Å². The number of likely N-dealkylation sites (tertiary alicyclic amines) is 1. The molecule has 0 unspecified atom stereocenters. The second-order valence-corrected chi connectivity index (χ2v) is 7.09. The summed E-state index contributed by atoms with van der Waals surface area (Å²) in [5.41, 5.74) is 2.10. The lowest BCUT2D eigenvalue weighted by atomic mass is 10.1. The highest BCUT2D eigenvalue weighted by Gasteiger charge is 2.38. The van der Waals surface area contributed by atoms with Gasteiger partial charge >= 0.3 is 0 Å². The smallest absolute Gasteiger partial charge is 0.253 e. The van der Waals surface area contributed by atoms with Crippen LogP contribution in [0, 0.1) is 0 Å². The number of benzene rings is 1. The molecule has 2 heterocycles. The quantitative estimate of drug-likeness (QED) is 0.860. The summed E-state index contributed by atoms with van der Waals surface area (Å²) in [6.45, 7) is 1.38. The molecule has 24 heavy (non-hydrogen) atoms. The van der Waals surface area contributed by atoms with Crippen LogP contribution in [-0.4, -0.2) is 63.9 Å². The van der Waals surface area contributed by atoms with E-state index in [1.54, 1.807) is 6.20 Å². The zero-order valence-corrected chi connectivity index (χ0v) is 14.2. The third kappa shape index (κ3) is 2.82. The van der Waals surface area contributed by atoms with E-state index in [1.807, 2.05) is 27.9 Å². The van der Waals surface area contributed by atoms with Crippen molar-refractivity contribution in [2.45, 2.75) is 30.8 Å². The first-order valence-corrected chi connectivity index (χ1v) is 8.55. The number of carbonyl (C=O) groups is 1. The van der Waals surface area contributed by atoms with E-state index in [0.717, 1.165) is 5.56 Å². The zero-order valence-electron chi connectivity index (χ0n) is 14.2. The Labute approximate surface area is 142 Å². The summed E-state index contributed by atoms with van der Waals surface area (Å²) in [4.78, 5) is 17.1. The molecule has 2 atom stereocenters. The lowest BCUT2D eigenvalue weighted by molar-refractivity contribution is 0.0781. The number of nitrogens with zero attached hydrogens (tertiary/aromatic N) is 5. The average Bonchev–Trinajstić information content (AvgIpc) is 3.11. The highest BCUT2D eigenvalue weighted by Crippen LogP contribution is 2.40. The van der Waals surface area contributed by atoms with Crippen LogP contribution in [0.5, 0.6) is 0 Å². The Morgan fingerprint density at radius 1 is 1.25 bits per heavy atom. The van der Waals surface area contributed by atoms with E-state index < -0.39 is 0 Å². The van der Waals surface area contributed by atoms with Crippen LogP contribution in [0.25, 0.3) is 0 Å². The third-order valence-corrected chi connectivity index (χ3v) is 5.17. The molecule has 0 bridgehead atoms. The van der Waals surface area contributed by atoms with E-state index in [0.29, 0.717) is 19.0 Å². The molecule has 126 valence electrons. The number of hydrogen-bond donors (Lipinski definition) is 0. The maximum atomic E-state index is 13.0. The van der Waals surface area contributed by atoms with E-state index in [9.17, 15) is 4.79 Å². The van der Waals surface area contributed by atoms with Gasteiger partial charge in [0.25, 0.3) is 5.91 Å². The number of hydrogen-bond acceptors (Lipinski definition) is 4. The van der Waals surface area contributed by atoms with Crippen molar-refractivity contribution in [1.82, 2.24) is 24.8 Å². The first-order valence-electron chi connectivity index (χ1n) is 8.55. The minimum absolute atomic E-state index is 0.118. The zero-order chi connectivity index (χ0) is 16.7. The normalized spacial score (nSPS) is 23.9. The Balaban J connectivity index is 1.55. The van der Waals surface area contributed by atoms with Crippen LogP contribution < -0.4 is 0 Å². The molecule has 1 amide bonds. The highest BCUT2D eigenvalue weighted by molar-refractivity contribution is 5.94. The van der Waals surface area contributed by atoms with Crippen molar-refractivity contribution in [3.63, 3.8) is 0 Å². The van der Waals surface area contributed by atoms with Crippen LogP contribution >= 0.6 is 0 Å². The molecule has 0 N–H and O–H groups in total. The van der Waals surface area contributed by atoms with Gasteiger partial charge in [-0.15, -0.1) is 5.10 Å². The number of carbonyl (C=O) groups excluding carboxylic acids is 1. The lowest BCUT2D eigenvalue weighted by Gasteiger charge is -2.24. The summed E-state index contributed by atoms with van der Waals surface area (Å²) in [6.07, 6.45) is 6.07. The molecule has 2 aromatic rings. The largest absolute Gasteiger partial charge is 0.335 e. The van der Waals surface area contributed by atoms with Crippen LogP contribution in [0.1, 0.15) is 40.7 Å².